The summed E-state index contributed by atoms with van der Waals surface area (Å²) in [5.41, 5.74) is -1.01. The number of rotatable bonds is 9. The molecule has 1 aliphatic rings. The van der Waals surface area contributed by atoms with E-state index in [1.54, 1.807) is 31.2 Å². The molecule has 196 valence electrons. The van der Waals surface area contributed by atoms with Gasteiger partial charge in [-0.2, -0.15) is 13.2 Å². The first-order valence-corrected chi connectivity index (χ1v) is 12.1. The highest BCUT2D eigenvalue weighted by molar-refractivity contribution is 6.00. The van der Waals surface area contributed by atoms with E-state index in [2.05, 4.69) is 10.6 Å². The van der Waals surface area contributed by atoms with Crippen molar-refractivity contribution in [3.8, 4) is 5.75 Å². The Morgan fingerprint density at radius 3 is 2.28 bits per heavy atom. The number of ether oxygens (including phenoxy) is 1. The van der Waals surface area contributed by atoms with Crippen LogP contribution in [0.5, 0.6) is 5.75 Å². The van der Waals surface area contributed by atoms with Gasteiger partial charge >= 0.3 is 12.1 Å². The smallest absolute Gasteiger partial charge is 0.416 e. The van der Waals surface area contributed by atoms with Crippen LogP contribution in [0.2, 0.25) is 0 Å². The Labute approximate surface area is 209 Å². The van der Waals surface area contributed by atoms with E-state index in [4.69, 9.17) is 4.74 Å². The second-order valence-corrected chi connectivity index (χ2v) is 9.88. The molecule has 3 N–H and O–H groups in total. The van der Waals surface area contributed by atoms with Gasteiger partial charge in [-0.15, -0.1) is 0 Å². The molecule has 0 radical (unpaired) electrons. The van der Waals surface area contributed by atoms with E-state index in [0.717, 1.165) is 49.8 Å². The summed E-state index contributed by atoms with van der Waals surface area (Å²) in [7, 11) is 0. The molecule has 0 bridgehead atoms. The monoisotopic (exact) mass is 506 g/mol. The molecule has 2 aromatic carbocycles. The number of hydrogen-bond acceptors (Lipinski definition) is 4. The number of halogens is 3. The van der Waals surface area contributed by atoms with Crippen LogP contribution in [0.25, 0.3) is 0 Å². The van der Waals surface area contributed by atoms with Crippen LogP contribution in [-0.2, 0) is 17.4 Å². The zero-order valence-corrected chi connectivity index (χ0v) is 20.7. The maximum absolute atomic E-state index is 13.4. The summed E-state index contributed by atoms with van der Waals surface area (Å²) in [5, 5.41) is 15.3. The lowest BCUT2D eigenvalue weighted by atomic mass is 9.94. The maximum Gasteiger partial charge on any atom is 0.416 e. The van der Waals surface area contributed by atoms with Crippen molar-refractivity contribution in [3.05, 3.63) is 59.2 Å². The standard InChI is InChI=1S/C27H33F3N2O4/c1-17(15-18-9-12-21(13-10-18)36-26(2,3)25(34)35)31-24(33)22-16-19(27(28,29)30)11-14-23(22)32-20-7-5-4-6-8-20/h9-14,16-17,20,32H,4-8,15H2,1-3H3,(H,31,33)(H,34,35). The average Bonchev–Trinajstić information content (AvgIpc) is 2.80. The number of hydrogen-bond donors (Lipinski definition) is 3. The molecule has 3 rings (SSSR count). The van der Waals surface area contributed by atoms with Gasteiger partial charge in [-0.1, -0.05) is 31.4 Å². The molecule has 0 aromatic heterocycles. The molecule has 1 amide bonds. The van der Waals surface area contributed by atoms with E-state index in [1.165, 1.54) is 19.9 Å². The first-order chi connectivity index (χ1) is 16.8. The normalized spacial score (nSPS) is 15.7. The molecular weight excluding hydrogens is 473 g/mol. The van der Waals surface area contributed by atoms with E-state index in [0.29, 0.717) is 17.9 Å². The summed E-state index contributed by atoms with van der Waals surface area (Å²) in [6.07, 6.45) is 0.953. The molecule has 1 atom stereocenters. The van der Waals surface area contributed by atoms with Gasteiger partial charge in [0.15, 0.2) is 5.60 Å². The fourth-order valence-electron chi connectivity index (χ4n) is 4.24. The Morgan fingerprint density at radius 2 is 1.69 bits per heavy atom. The quantitative estimate of drug-likeness (QED) is 0.385. The SMILES string of the molecule is CC(Cc1ccc(OC(C)(C)C(=O)O)cc1)NC(=O)c1cc(C(F)(F)F)ccc1NC1CCCCC1. The number of aliphatic carboxylic acids is 1. The zero-order valence-electron chi connectivity index (χ0n) is 20.7. The van der Waals surface area contributed by atoms with Crippen molar-refractivity contribution in [2.24, 2.45) is 0 Å². The minimum atomic E-state index is -4.55. The largest absolute Gasteiger partial charge is 0.478 e. The molecule has 36 heavy (non-hydrogen) atoms. The van der Waals surface area contributed by atoms with Crippen molar-refractivity contribution in [2.75, 3.05) is 5.32 Å². The van der Waals surface area contributed by atoms with E-state index < -0.39 is 29.2 Å². The fraction of sp³-hybridized carbons (Fsp3) is 0.481. The number of alkyl halides is 3. The summed E-state index contributed by atoms with van der Waals surface area (Å²) in [4.78, 5) is 24.3. The number of carboxylic acid groups (broad SMARTS) is 1. The van der Waals surface area contributed by atoms with Crippen LogP contribution in [-0.4, -0.2) is 34.7 Å². The summed E-state index contributed by atoms with van der Waals surface area (Å²) >= 11 is 0. The van der Waals surface area contributed by atoms with Crippen molar-refractivity contribution in [3.63, 3.8) is 0 Å². The van der Waals surface area contributed by atoms with Crippen LogP contribution in [0, 0.1) is 0 Å². The molecule has 0 spiro atoms. The first kappa shape index (κ1) is 27.4. The Morgan fingerprint density at radius 1 is 1.06 bits per heavy atom. The molecule has 6 nitrogen and oxygen atoms in total. The van der Waals surface area contributed by atoms with Gasteiger partial charge in [-0.3, -0.25) is 4.79 Å². The Bertz CT molecular complexity index is 1060. The molecule has 1 aliphatic carbocycles. The number of anilines is 1. The summed E-state index contributed by atoms with van der Waals surface area (Å²) in [5.74, 6) is -1.27. The van der Waals surface area contributed by atoms with Gasteiger partial charge in [0.2, 0.25) is 0 Å². The van der Waals surface area contributed by atoms with E-state index in [-0.39, 0.29) is 17.6 Å². The Hall–Kier alpha value is -3.23. The van der Waals surface area contributed by atoms with Gasteiger partial charge in [-0.25, -0.2) is 4.79 Å². The van der Waals surface area contributed by atoms with Crippen molar-refractivity contribution in [2.45, 2.75) is 83.2 Å². The van der Waals surface area contributed by atoms with Gasteiger partial charge in [-0.05, 0) is 75.9 Å². The molecular formula is C27H33F3N2O4. The second-order valence-electron chi connectivity index (χ2n) is 9.88. The summed E-state index contributed by atoms with van der Waals surface area (Å²) in [6.45, 7) is 4.68. The lowest BCUT2D eigenvalue weighted by Crippen LogP contribution is -2.37. The minimum absolute atomic E-state index is 0.0260. The summed E-state index contributed by atoms with van der Waals surface area (Å²) < 4.78 is 45.6. The molecule has 2 aromatic rings. The molecule has 1 unspecified atom stereocenters. The Kier molecular flexibility index (Phi) is 8.53. The molecule has 1 fully saturated rings. The van der Waals surface area contributed by atoms with E-state index in [9.17, 15) is 27.9 Å². The second kappa shape index (κ2) is 11.2. The third-order valence-electron chi connectivity index (χ3n) is 6.29. The highest BCUT2D eigenvalue weighted by Gasteiger charge is 2.32. The van der Waals surface area contributed by atoms with Crippen molar-refractivity contribution >= 4 is 17.6 Å². The number of benzene rings is 2. The number of carboxylic acids is 1. The molecule has 9 heteroatoms. The van der Waals surface area contributed by atoms with Crippen LogP contribution >= 0.6 is 0 Å². The summed E-state index contributed by atoms with van der Waals surface area (Å²) in [6, 6.07) is 9.83. The molecule has 0 aliphatic heterocycles. The molecule has 0 heterocycles. The third kappa shape index (κ3) is 7.38. The molecule has 0 saturated heterocycles. The maximum atomic E-state index is 13.4. The lowest BCUT2D eigenvalue weighted by Gasteiger charge is -2.26. The fourth-order valence-corrected chi connectivity index (χ4v) is 4.24. The van der Waals surface area contributed by atoms with Crippen molar-refractivity contribution in [1.29, 1.82) is 0 Å². The number of carbonyl (C=O) groups excluding carboxylic acids is 1. The minimum Gasteiger partial charge on any atom is -0.478 e. The number of carbonyl (C=O) groups is 2. The Balaban J connectivity index is 1.70. The van der Waals surface area contributed by atoms with Gasteiger partial charge in [0.1, 0.15) is 5.75 Å². The number of nitrogens with one attached hydrogen (secondary N) is 2. The van der Waals surface area contributed by atoms with Crippen molar-refractivity contribution < 1.29 is 32.6 Å². The predicted octanol–water partition coefficient (Wildman–Crippen LogP) is 6.05. The lowest BCUT2D eigenvalue weighted by molar-refractivity contribution is -0.152. The van der Waals surface area contributed by atoms with Gasteiger partial charge in [0.05, 0.1) is 11.1 Å². The predicted molar refractivity (Wildman–Crippen MR) is 131 cm³/mol. The van der Waals surface area contributed by atoms with Gasteiger partial charge < -0.3 is 20.5 Å². The highest BCUT2D eigenvalue weighted by Crippen LogP contribution is 2.33. The van der Waals surface area contributed by atoms with Crippen molar-refractivity contribution in [1.82, 2.24) is 5.32 Å². The number of amides is 1. The van der Waals surface area contributed by atoms with Crippen LogP contribution in [0.1, 0.15) is 74.4 Å². The average molecular weight is 507 g/mol. The van der Waals surface area contributed by atoms with E-state index in [1.807, 2.05) is 0 Å². The first-order valence-electron chi connectivity index (χ1n) is 12.1. The third-order valence-corrected chi connectivity index (χ3v) is 6.29. The van der Waals surface area contributed by atoms with Crippen LogP contribution in [0.15, 0.2) is 42.5 Å². The topological polar surface area (TPSA) is 87.7 Å². The van der Waals surface area contributed by atoms with Crippen LogP contribution in [0.3, 0.4) is 0 Å². The zero-order chi connectivity index (χ0) is 26.5. The van der Waals surface area contributed by atoms with Crippen LogP contribution in [0.4, 0.5) is 18.9 Å². The van der Waals surface area contributed by atoms with Gasteiger partial charge in [0, 0.05) is 17.8 Å². The van der Waals surface area contributed by atoms with E-state index >= 15 is 0 Å². The molecule has 1 saturated carbocycles. The van der Waals surface area contributed by atoms with Gasteiger partial charge in [0.25, 0.3) is 5.91 Å². The van der Waals surface area contributed by atoms with Crippen LogP contribution < -0.4 is 15.4 Å². The highest BCUT2D eigenvalue weighted by atomic mass is 19.4.